The average Bonchev–Trinajstić information content (AvgIpc) is 3.46. The van der Waals surface area contributed by atoms with Gasteiger partial charge in [0.15, 0.2) is 5.16 Å². The van der Waals surface area contributed by atoms with Crippen molar-refractivity contribution in [1.29, 1.82) is 0 Å². The molecule has 0 saturated carbocycles. The van der Waals surface area contributed by atoms with Crippen LogP contribution in [-0.4, -0.2) is 27.6 Å². The number of aromatic nitrogens is 3. The van der Waals surface area contributed by atoms with Crippen LogP contribution >= 0.6 is 23.1 Å². The molecule has 0 saturated heterocycles. The van der Waals surface area contributed by atoms with E-state index in [1.807, 2.05) is 11.4 Å². The maximum atomic E-state index is 13.3. The highest BCUT2D eigenvalue weighted by atomic mass is 32.2. The minimum Gasteiger partial charge on any atom is -0.467 e. The molecule has 0 unspecified atom stereocenters. The molecule has 7 nitrogen and oxygen atoms in total. The number of hydrogen-bond donors (Lipinski definition) is 0. The van der Waals surface area contributed by atoms with Crippen LogP contribution in [0.4, 0.5) is 0 Å². The fourth-order valence-electron chi connectivity index (χ4n) is 3.14. The van der Waals surface area contributed by atoms with Crippen LogP contribution in [0.15, 0.2) is 56.3 Å². The van der Waals surface area contributed by atoms with Crippen molar-refractivity contribution in [2.45, 2.75) is 37.2 Å². The van der Waals surface area contributed by atoms with Gasteiger partial charge in [-0.25, -0.2) is 14.8 Å². The highest BCUT2D eigenvalue weighted by Gasteiger charge is 2.16. The van der Waals surface area contributed by atoms with E-state index in [2.05, 4.69) is 11.9 Å². The zero-order valence-corrected chi connectivity index (χ0v) is 18.8. The van der Waals surface area contributed by atoms with E-state index in [9.17, 15) is 9.59 Å². The van der Waals surface area contributed by atoms with E-state index in [1.165, 1.54) is 18.9 Å². The fourth-order valence-corrected chi connectivity index (χ4v) is 5.03. The molecule has 0 spiro atoms. The number of carbonyl (C=O) groups is 1. The molecule has 0 fully saturated rings. The van der Waals surface area contributed by atoms with Crippen LogP contribution in [0, 0.1) is 0 Å². The van der Waals surface area contributed by atoms with E-state index in [-0.39, 0.29) is 12.1 Å². The first kappa shape index (κ1) is 21.3. The van der Waals surface area contributed by atoms with Gasteiger partial charge in [0.2, 0.25) is 0 Å². The van der Waals surface area contributed by atoms with Gasteiger partial charge in [0.1, 0.15) is 5.76 Å². The van der Waals surface area contributed by atoms with E-state index in [1.54, 1.807) is 46.4 Å². The zero-order chi connectivity index (χ0) is 21.8. The molecule has 31 heavy (non-hydrogen) atoms. The molecule has 3 aromatic heterocycles. The summed E-state index contributed by atoms with van der Waals surface area (Å²) in [5.74, 6) is 0.784. The van der Waals surface area contributed by atoms with E-state index in [0.717, 1.165) is 23.5 Å². The van der Waals surface area contributed by atoms with Crippen molar-refractivity contribution >= 4 is 40.0 Å². The summed E-state index contributed by atoms with van der Waals surface area (Å²) in [6.07, 6.45) is 3.59. The molecule has 0 bridgehead atoms. The fraction of sp³-hybridized carbons (Fsp3) is 0.273. The molecule has 0 aliphatic heterocycles. The maximum Gasteiger partial charge on any atom is 0.337 e. The first-order chi connectivity index (χ1) is 15.1. The molecule has 4 aromatic rings. The SMILES string of the molecule is CCCc1nc(CSc2nc3cc(C(=O)OC)ccc3c(=O)n2Cc2ccco2)cs1. The molecule has 9 heteroatoms. The Balaban J connectivity index is 1.73. The molecule has 4 rings (SSSR count). The summed E-state index contributed by atoms with van der Waals surface area (Å²) in [6, 6.07) is 8.39. The summed E-state index contributed by atoms with van der Waals surface area (Å²) >= 11 is 3.09. The quantitative estimate of drug-likeness (QED) is 0.219. The molecule has 0 amide bonds. The van der Waals surface area contributed by atoms with Crippen molar-refractivity contribution in [1.82, 2.24) is 14.5 Å². The number of thiazole rings is 1. The Labute approximate surface area is 187 Å². The van der Waals surface area contributed by atoms with Crippen molar-refractivity contribution in [3.8, 4) is 0 Å². The summed E-state index contributed by atoms with van der Waals surface area (Å²) in [6.45, 7) is 2.40. The Hall–Kier alpha value is -2.91. The van der Waals surface area contributed by atoms with Crippen molar-refractivity contribution in [3.05, 3.63) is 74.4 Å². The molecule has 0 N–H and O–H groups in total. The number of furan rings is 1. The standard InChI is InChI=1S/C22H21N3O4S2/c1-3-5-19-23-15(12-30-19)13-31-22-24-18-10-14(21(27)28-2)7-8-17(18)20(26)25(22)11-16-6-4-9-29-16/h4,6-10,12H,3,5,11,13H2,1-2H3. The maximum absolute atomic E-state index is 13.3. The summed E-state index contributed by atoms with van der Waals surface area (Å²) in [5, 5.41) is 4.13. The third-order valence-corrected chi connectivity index (χ3v) is 6.62. The Bertz CT molecular complexity index is 1260. The summed E-state index contributed by atoms with van der Waals surface area (Å²) in [5.41, 5.74) is 1.58. The lowest BCUT2D eigenvalue weighted by Crippen LogP contribution is -2.24. The number of benzene rings is 1. The Morgan fingerprint density at radius 3 is 2.90 bits per heavy atom. The Morgan fingerprint density at radius 2 is 2.16 bits per heavy atom. The monoisotopic (exact) mass is 455 g/mol. The van der Waals surface area contributed by atoms with Gasteiger partial charge in [-0.1, -0.05) is 18.7 Å². The molecule has 0 radical (unpaired) electrons. The first-order valence-electron chi connectivity index (χ1n) is 9.80. The number of thioether (sulfide) groups is 1. The third-order valence-electron chi connectivity index (χ3n) is 4.65. The molecule has 1 aromatic carbocycles. The molecule has 3 heterocycles. The molecule has 160 valence electrons. The first-order valence-corrected chi connectivity index (χ1v) is 11.7. The predicted molar refractivity (Wildman–Crippen MR) is 121 cm³/mol. The van der Waals surface area contributed by atoms with Crippen molar-refractivity contribution in [2.24, 2.45) is 0 Å². The second-order valence-corrected chi connectivity index (χ2v) is 8.74. The number of carbonyl (C=O) groups excluding carboxylic acids is 1. The number of ether oxygens (including phenoxy) is 1. The molecule has 0 atom stereocenters. The lowest BCUT2D eigenvalue weighted by Gasteiger charge is -2.12. The lowest BCUT2D eigenvalue weighted by molar-refractivity contribution is 0.0601. The van der Waals surface area contributed by atoms with E-state index < -0.39 is 5.97 Å². The number of esters is 1. The summed E-state index contributed by atoms with van der Waals surface area (Å²) in [4.78, 5) is 34.5. The molecule has 0 aliphatic carbocycles. The van der Waals surface area contributed by atoms with Gasteiger partial charge in [-0.05, 0) is 43.2 Å². The van der Waals surface area contributed by atoms with Crippen molar-refractivity contribution in [3.63, 3.8) is 0 Å². The van der Waals surface area contributed by atoms with Gasteiger partial charge in [0.05, 0.1) is 47.1 Å². The van der Waals surface area contributed by atoms with Crippen LogP contribution in [0.5, 0.6) is 0 Å². The van der Waals surface area contributed by atoms with Gasteiger partial charge in [-0.3, -0.25) is 9.36 Å². The molecule has 0 aliphatic rings. The number of aryl methyl sites for hydroxylation is 1. The van der Waals surface area contributed by atoms with Gasteiger partial charge in [-0.2, -0.15) is 0 Å². The van der Waals surface area contributed by atoms with E-state index >= 15 is 0 Å². The van der Waals surface area contributed by atoms with Gasteiger partial charge < -0.3 is 9.15 Å². The lowest BCUT2D eigenvalue weighted by atomic mass is 10.1. The average molecular weight is 456 g/mol. The second-order valence-electron chi connectivity index (χ2n) is 6.86. The molecular formula is C22H21N3O4S2. The summed E-state index contributed by atoms with van der Waals surface area (Å²) in [7, 11) is 1.32. The van der Waals surface area contributed by atoms with E-state index in [0.29, 0.717) is 33.1 Å². The minimum atomic E-state index is -0.469. The number of methoxy groups -OCH3 is 1. The van der Waals surface area contributed by atoms with Crippen LogP contribution in [0.2, 0.25) is 0 Å². The van der Waals surface area contributed by atoms with Crippen molar-refractivity contribution < 1.29 is 13.9 Å². The van der Waals surface area contributed by atoms with E-state index in [4.69, 9.17) is 14.1 Å². The van der Waals surface area contributed by atoms with Crippen LogP contribution in [-0.2, 0) is 23.5 Å². The van der Waals surface area contributed by atoms with Gasteiger partial charge >= 0.3 is 5.97 Å². The predicted octanol–water partition coefficient (Wildman–Crippen LogP) is 4.53. The van der Waals surface area contributed by atoms with Gasteiger partial charge in [-0.15, -0.1) is 11.3 Å². The molecular weight excluding hydrogens is 434 g/mol. The van der Waals surface area contributed by atoms with Crippen LogP contribution in [0.25, 0.3) is 10.9 Å². The van der Waals surface area contributed by atoms with Gasteiger partial charge in [0, 0.05) is 11.1 Å². The second kappa shape index (κ2) is 9.49. The van der Waals surface area contributed by atoms with Crippen LogP contribution < -0.4 is 5.56 Å². The topological polar surface area (TPSA) is 87.2 Å². The number of rotatable bonds is 8. The minimum absolute atomic E-state index is 0.190. The third kappa shape index (κ3) is 4.72. The normalized spacial score (nSPS) is 11.2. The Kier molecular flexibility index (Phi) is 6.53. The van der Waals surface area contributed by atoms with Gasteiger partial charge in [0.25, 0.3) is 5.56 Å². The number of nitrogens with zero attached hydrogens (tertiary/aromatic N) is 3. The highest BCUT2D eigenvalue weighted by molar-refractivity contribution is 7.98. The number of fused-ring (bicyclic) bond motifs is 1. The largest absolute Gasteiger partial charge is 0.467 e. The highest BCUT2D eigenvalue weighted by Crippen LogP contribution is 2.25. The van der Waals surface area contributed by atoms with Crippen LogP contribution in [0.3, 0.4) is 0 Å². The number of hydrogen-bond acceptors (Lipinski definition) is 8. The summed E-state index contributed by atoms with van der Waals surface area (Å²) < 4.78 is 11.8. The Morgan fingerprint density at radius 1 is 1.29 bits per heavy atom. The zero-order valence-electron chi connectivity index (χ0n) is 17.2. The van der Waals surface area contributed by atoms with Crippen molar-refractivity contribution in [2.75, 3.05) is 7.11 Å². The smallest absolute Gasteiger partial charge is 0.337 e. The van der Waals surface area contributed by atoms with Crippen LogP contribution in [0.1, 0.15) is 40.2 Å².